The molecule has 0 aliphatic carbocycles. The highest BCUT2D eigenvalue weighted by Gasteiger charge is 2.36. The van der Waals surface area contributed by atoms with Crippen LogP contribution in [0.3, 0.4) is 0 Å². The fraction of sp³-hybridized carbons (Fsp3) is 0.375. The zero-order chi connectivity index (χ0) is 16.4. The highest BCUT2D eigenvalue weighted by molar-refractivity contribution is 5.80. The van der Waals surface area contributed by atoms with E-state index in [4.69, 9.17) is 10.5 Å². The van der Waals surface area contributed by atoms with Crippen LogP contribution in [0.1, 0.15) is 12.0 Å². The summed E-state index contributed by atoms with van der Waals surface area (Å²) >= 11 is 0. The first kappa shape index (κ1) is 15.6. The van der Waals surface area contributed by atoms with Crippen LogP contribution in [0.5, 0.6) is 0 Å². The van der Waals surface area contributed by atoms with Crippen molar-refractivity contribution in [2.45, 2.75) is 25.1 Å². The van der Waals surface area contributed by atoms with Crippen LogP contribution >= 0.6 is 0 Å². The van der Waals surface area contributed by atoms with Gasteiger partial charge >= 0.3 is 0 Å². The number of rotatable bonds is 5. The number of likely N-dealkylation sites (tertiary alicyclic amines) is 1. The number of ether oxygens (including phenoxy) is 1. The second kappa shape index (κ2) is 6.47. The van der Waals surface area contributed by atoms with Gasteiger partial charge in [-0.3, -0.25) is 14.8 Å². The Bertz CT molecular complexity index is 703. The van der Waals surface area contributed by atoms with Crippen molar-refractivity contribution >= 4 is 5.91 Å². The Kier molecular flexibility index (Phi) is 4.40. The number of benzene rings is 1. The fourth-order valence-electron chi connectivity index (χ4n) is 3.05. The van der Waals surface area contributed by atoms with Crippen molar-refractivity contribution in [3.63, 3.8) is 0 Å². The van der Waals surface area contributed by atoms with Crippen LogP contribution in [-0.2, 0) is 16.1 Å². The van der Waals surface area contributed by atoms with Crippen LogP contribution in [0.2, 0.25) is 0 Å². The van der Waals surface area contributed by atoms with Gasteiger partial charge in [0.05, 0.1) is 24.0 Å². The molecule has 122 valence electrons. The van der Waals surface area contributed by atoms with E-state index < -0.39 is 0 Å². The number of nitrogens with two attached hydrogens (primary N) is 1. The average Bonchev–Trinajstić information content (AvgIpc) is 3.15. The van der Waals surface area contributed by atoms with E-state index in [9.17, 15) is 9.18 Å². The summed E-state index contributed by atoms with van der Waals surface area (Å²) in [6.45, 7) is 1.06. The first-order chi connectivity index (χ1) is 11.1. The van der Waals surface area contributed by atoms with Crippen LogP contribution in [-0.4, -0.2) is 46.8 Å². The molecule has 0 unspecified atom stereocenters. The van der Waals surface area contributed by atoms with Crippen molar-refractivity contribution in [3.05, 3.63) is 41.8 Å². The summed E-state index contributed by atoms with van der Waals surface area (Å²) in [5.74, 6) is -0.693. The predicted octanol–water partition coefficient (Wildman–Crippen LogP) is 1.29. The summed E-state index contributed by atoms with van der Waals surface area (Å²) < 4.78 is 19.4. The van der Waals surface area contributed by atoms with E-state index in [1.807, 2.05) is 4.90 Å². The Labute approximate surface area is 133 Å². The first-order valence-corrected chi connectivity index (χ1v) is 7.43. The first-order valence-electron chi connectivity index (χ1n) is 7.43. The number of H-pyrrole nitrogens is 1. The lowest BCUT2D eigenvalue weighted by Crippen LogP contribution is -2.39. The number of carbonyl (C=O) groups is 1. The maximum absolute atomic E-state index is 14.0. The van der Waals surface area contributed by atoms with Crippen LogP contribution < -0.4 is 5.73 Å². The average molecular weight is 318 g/mol. The molecule has 0 bridgehead atoms. The topological polar surface area (TPSA) is 84.2 Å². The van der Waals surface area contributed by atoms with Gasteiger partial charge < -0.3 is 10.5 Å². The molecule has 2 atom stereocenters. The number of aromatic amines is 1. The Morgan fingerprint density at radius 1 is 1.52 bits per heavy atom. The molecule has 7 heteroatoms. The van der Waals surface area contributed by atoms with Crippen LogP contribution in [0.15, 0.2) is 30.5 Å². The summed E-state index contributed by atoms with van der Waals surface area (Å²) in [7, 11) is 1.62. The van der Waals surface area contributed by atoms with Crippen LogP contribution in [0.4, 0.5) is 4.39 Å². The molecule has 1 amide bonds. The molecule has 0 spiro atoms. The van der Waals surface area contributed by atoms with Crippen molar-refractivity contribution in [1.82, 2.24) is 15.1 Å². The van der Waals surface area contributed by atoms with Gasteiger partial charge in [-0.05, 0) is 18.6 Å². The van der Waals surface area contributed by atoms with Crippen molar-refractivity contribution < 1.29 is 13.9 Å². The molecule has 1 aromatic heterocycles. The maximum Gasteiger partial charge on any atom is 0.234 e. The third-order valence-corrected chi connectivity index (χ3v) is 4.26. The molecule has 1 aliphatic rings. The number of hydrogen-bond donors (Lipinski definition) is 2. The van der Waals surface area contributed by atoms with Gasteiger partial charge in [-0.2, -0.15) is 5.10 Å². The number of primary amides is 1. The van der Waals surface area contributed by atoms with E-state index in [0.29, 0.717) is 30.8 Å². The lowest BCUT2D eigenvalue weighted by atomic mass is 10.1. The summed E-state index contributed by atoms with van der Waals surface area (Å²) in [6.07, 6.45) is 2.19. The molecule has 3 rings (SSSR count). The molecule has 1 aromatic carbocycles. The SMILES string of the molecule is CO[C@H]1C[C@@H](C(N)=O)N(Cc2cn[nH]c2-c2ccccc2F)C1. The molecule has 2 heterocycles. The highest BCUT2D eigenvalue weighted by atomic mass is 19.1. The lowest BCUT2D eigenvalue weighted by Gasteiger charge is -2.21. The molecule has 0 radical (unpaired) electrons. The number of amides is 1. The second-order valence-electron chi connectivity index (χ2n) is 5.69. The Morgan fingerprint density at radius 2 is 2.30 bits per heavy atom. The largest absolute Gasteiger partial charge is 0.380 e. The van der Waals surface area contributed by atoms with Gasteiger partial charge in [0.2, 0.25) is 5.91 Å². The number of halogens is 1. The van der Waals surface area contributed by atoms with E-state index in [0.717, 1.165) is 5.56 Å². The molecule has 23 heavy (non-hydrogen) atoms. The molecular weight excluding hydrogens is 299 g/mol. The quantitative estimate of drug-likeness (QED) is 0.870. The van der Waals surface area contributed by atoms with Crippen LogP contribution in [0, 0.1) is 5.82 Å². The predicted molar refractivity (Wildman–Crippen MR) is 82.8 cm³/mol. The van der Waals surface area contributed by atoms with E-state index in [1.54, 1.807) is 31.5 Å². The minimum absolute atomic E-state index is 0.0312. The standard InChI is InChI=1S/C16H19FN4O2/c1-23-11-6-14(16(18)22)21(9-11)8-10-7-19-20-15(10)12-4-2-3-5-13(12)17/h2-5,7,11,14H,6,8-9H2,1H3,(H2,18,22)(H,19,20)/t11-,14-/m0/s1. The van der Waals surface area contributed by atoms with E-state index in [2.05, 4.69) is 10.2 Å². The molecule has 1 saturated heterocycles. The molecule has 0 saturated carbocycles. The minimum atomic E-state index is -0.386. The Hall–Kier alpha value is -2.25. The van der Waals surface area contributed by atoms with Gasteiger partial charge in [0.1, 0.15) is 5.82 Å². The van der Waals surface area contributed by atoms with E-state index in [1.165, 1.54) is 6.07 Å². The minimum Gasteiger partial charge on any atom is -0.380 e. The molecule has 1 aliphatic heterocycles. The number of methoxy groups -OCH3 is 1. The number of hydrogen-bond acceptors (Lipinski definition) is 4. The zero-order valence-electron chi connectivity index (χ0n) is 12.8. The van der Waals surface area contributed by atoms with Gasteiger partial charge in [0, 0.05) is 31.3 Å². The van der Waals surface area contributed by atoms with Crippen molar-refractivity contribution in [3.8, 4) is 11.3 Å². The molecule has 6 nitrogen and oxygen atoms in total. The summed E-state index contributed by atoms with van der Waals surface area (Å²) in [5.41, 5.74) is 7.38. The van der Waals surface area contributed by atoms with Gasteiger partial charge in [-0.15, -0.1) is 0 Å². The van der Waals surface area contributed by atoms with Crippen LogP contribution in [0.25, 0.3) is 11.3 Å². The number of aromatic nitrogens is 2. The number of nitrogens with zero attached hydrogens (tertiary/aromatic N) is 2. The molecule has 2 aromatic rings. The van der Waals surface area contributed by atoms with Gasteiger partial charge in [-0.1, -0.05) is 12.1 Å². The Morgan fingerprint density at radius 3 is 3.00 bits per heavy atom. The third-order valence-electron chi connectivity index (χ3n) is 4.26. The fourth-order valence-corrected chi connectivity index (χ4v) is 3.05. The molecule has 1 fully saturated rings. The number of nitrogens with one attached hydrogen (secondary N) is 1. The monoisotopic (exact) mass is 318 g/mol. The van der Waals surface area contributed by atoms with Gasteiger partial charge in [0.15, 0.2) is 0 Å². The summed E-state index contributed by atoms with van der Waals surface area (Å²) in [4.78, 5) is 13.6. The van der Waals surface area contributed by atoms with E-state index >= 15 is 0 Å². The smallest absolute Gasteiger partial charge is 0.234 e. The van der Waals surface area contributed by atoms with Gasteiger partial charge in [-0.25, -0.2) is 4.39 Å². The normalized spacial score (nSPS) is 21.7. The van der Waals surface area contributed by atoms with Crippen molar-refractivity contribution in [1.29, 1.82) is 0 Å². The summed E-state index contributed by atoms with van der Waals surface area (Å²) in [6, 6.07) is 6.12. The number of carbonyl (C=O) groups excluding carboxylic acids is 1. The molecular formula is C16H19FN4O2. The van der Waals surface area contributed by atoms with Crippen molar-refractivity contribution in [2.75, 3.05) is 13.7 Å². The van der Waals surface area contributed by atoms with Gasteiger partial charge in [0.25, 0.3) is 0 Å². The maximum atomic E-state index is 14.0. The molecule has 3 N–H and O–H groups in total. The second-order valence-corrected chi connectivity index (χ2v) is 5.69. The highest BCUT2D eigenvalue weighted by Crippen LogP contribution is 2.28. The zero-order valence-corrected chi connectivity index (χ0v) is 12.8. The third kappa shape index (κ3) is 3.11. The lowest BCUT2D eigenvalue weighted by molar-refractivity contribution is -0.122. The Balaban J connectivity index is 1.85. The van der Waals surface area contributed by atoms with Crippen molar-refractivity contribution in [2.24, 2.45) is 5.73 Å². The summed E-state index contributed by atoms with van der Waals surface area (Å²) in [5, 5.41) is 6.87. The van der Waals surface area contributed by atoms with E-state index in [-0.39, 0.29) is 23.9 Å².